The van der Waals surface area contributed by atoms with Crippen LogP contribution in [-0.2, 0) is 7.05 Å². The van der Waals surface area contributed by atoms with Crippen molar-refractivity contribution in [2.75, 3.05) is 5.73 Å². The Labute approximate surface area is 101 Å². The van der Waals surface area contributed by atoms with Gasteiger partial charge in [0, 0.05) is 18.8 Å². The van der Waals surface area contributed by atoms with Crippen LogP contribution in [0.5, 0.6) is 0 Å². The minimum atomic E-state index is 0.395. The van der Waals surface area contributed by atoms with Crippen LogP contribution in [0.1, 0.15) is 0 Å². The number of H-pyrrole nitrogens is 1. The minimum Gasteiger partial charge on any atom is -0.396 e. The molecule has 0 unspecified atom stereocenters. The van der Waals surface area contributed by atoms with Crippen LogP contribution in [0.15, 0.2) is 18.7 Å². The lowest BCUT2D eigenvalue weighted by molar-refractivity contribution is 0.776. The summed E-state index contributed by atoms with van der Waals surface area (Å²) in [4.78, 5) is 11.1. The average molecular weight is 249 g/mol. The number of nitrogen functional groups attached to an aromatic ring is 1. The Morgan fingerprint density at radius 2 is 2.24 bits per heavy atom. The van der Waals surface area contributed by atoms with Crippen LogP contribution in [0.4, 0.5) is 5.69 Å². The van der Waals surface area contributed by atoms with Crippen LogP contribution in [0.25, 0.3) is 22.3 Å². The highest BCUT2D eigenvalue weighted by molar-refractivity contribution is 6.35. The largest absolute Gasteiger partial charge is 0.396 e. The van der Waals surface area contributed by atoms with E-state index in [1.54, 1.807) is 17.1 Å². The molecular formula is C10H9ClN6. The Hall–Kier alpha value is -2.08. The Balaban J connectivity index is 2.39. The van der Waals surface area contributed by atoms with Crippen LogP contribution in [0, 0.1) is 0 Å². The summed E-state index contributed by atoms with van der Waals surface area (Å²) in [6.07, 6.45) is 4.82. The molecule has 3 heterocycles. The fourth-order valence-corrected chi connectivity index (χ4v) is 2.13. The molecule has 0 spiro atoms. The predicted octanol–water partition coefficient (Wildman–Crippen LogP) is 1.59. The Morgan fingerprint density at radius 1 is 1.41 bits per heavy atom. The van der Waals surface area contributed by atoms with E-state index >= 15 is 0 Å². The van der Waals surface area contributed by atoms with Crippen LogP contribution < -0.4 is 5.73 Å². The van der Waals surface area contributed by atoms with Gasteiger partial charge in [0.25, 0.3) is 0 Å². The average Bonchev–Trinajstić information content (AvgIpc) is 2.84. The van der Waals surface area contributed by atoms with Gasteiger partial charge in [-0.15, -0.1) is 0 Å². The van der Waals surface area contributed by atoms with Gasteiger partial charge >= 0.3 is 0 Å². The van der Waals surface area contributed by atoms with E-state index in [2.05, 4.69) is 20.1 Å². The third-order valence-electron chi connectivity index (χ3n) is 2.65. The Morgan fingerprint density at radius 3 is 2.94 bits per heavy atom. The molecule has 3 rings (SSSR count). The van der Waals surface area contributed by atoms with Crippen molar-refractivity contribution < 1.29 is 0 Å². The zero-order chi connectivity index (χ0) is 12.0. The summed E-state index contributed by atoms with van der Waals surface area (Å²) < 4.78 is 1.70. The second-order valence-corrected chi connectivity index (χ2v) is 4.02. The molecule has 0 saturated heterocycles. The zero-order valence-electron chi connectivity index (χ0n) is 8.98. The van der Waals surface area contributed by atoms with Crippen molar-refractivity contribution in [3.8, 4) is 11.3 Å². The maximum atomic E-state index is 6.08. The number of aromatic nitrogens is 5. The maximum absolute atomic E-state index is 6.08. The molecule has 0 bridgehead atoms. The quantitative estimate of drug-likeness (QED) is 0.641. The van der Waals surface area contributed by atoms with Gasteiger partial charge in [-0.2, -0.15) is 5.10 Å². The molecule has 0 fully saturated rings. The molecule has 7 heteroatoms. The highest BCUT2D eigenvalue weighted by atomic mass is 35.5. The molecule has 0 amide bonds. The minimum absolute atomic E-state index is 0.395. The van der Waals surface area contributed by atoms with E-state index in [4.69, 9.17) is 17.3 Å². The molecule has 0 aliphatic heterocycles. The van der Waals surface area contributed by atoms with E-state index in [1.807, 2.05) is 7.05 Å². The number of rotatable bonds is 1. The van der Waals surface area contributed by atoms with Gasteiger partial charge in [-0.3, -0.25) is 4.68 Å². The first kappa shape index (κ1) is 10.1. The van der Waals surface area contributed by atoms with Crippen molar-refractivity contribution >= 4 is 28.3 Å². The summed E-state index contributed by atoms with van der Waals surface area (Å²) in [6.45, 7) is 0. The standard InChI is InChI=1S/C10H9ClN6/c1-17-8(6(12)3-16-17)5-2-13-10-7(5)9(11)14-4-15-10/h2-4H,12H2,1H3,(H,13,14,15). The van der Waals surface area contributed by atoms with Crippen molar-refractivity contribution in [1.29, 1.82) is 0 Å². The molecule has 0 aliphatic carbocycles. The number of aromatic amines is 1. The molecule has 3 N–H and O–H groups in total. The lowest BCUT2D eigenvalue weighted by Gasteiger charge is -2.02. The second kappa shape index (κ2) is 3.46. The molecular weight excluding hydrogens is 240 g/mol. The van der Waals surface area contributed by atoms with Crippen LogP contribution in [0.3, 0.4) is 0 Å². The first-order valence-electron chi connectivity index (χ1n) is 4.94. The number of nitrogens with two attached hydrogens (primary N) is 1. The topological polar surface area (TPSA) is 85.4 Å². The van der Waals surface area contributed by atoms with Crippen molar-refractivity contribution in [3.05, 3.63) is 23.9 Å². The molecule has 0 atom stereocenters. The summed E-state index contributed by atoms with van der Waals surface area (Å²) in [7, 11) is 1.82. The molecule has 0 saturated carbocycles. The number of aryl methyl sites for hydroxylation is 1. The Bertz CT molecular complexity index is 678. The summed E-state index contributed by atoms with van der Waals surface area (Å²) in [5.41, 5.74) is 8.81. The van der Waals surface area contributed by atoms with Gasteiger partial charge in [-0.25, -0.2) is 9.97 Å². The second-order valence-electron chi connectivity index (χ2n) is 3.66. The van der Waals surface area contributed by atoms with E-state index in [0.717, 1.165) is 16.6 Å². The molecule has 0 radical (unpaired) electrons. The highest BCUT2D eigenvalue weighted by Crippen LogP contribution is 2.33. The van der Waals surface area contributed by atoms with Gasteiger partial charge in [-0.1, -0.05) is 11.6 Å². The lowest BCUT2D eigenvalue weighted by Crippen LogP contribution is -1.95. The molecule has 0 aromatic carbocycles. The zero-order valence-corrected chi connectivity index (χ0v) is 9.73. The van der Waals surface area contributed by atoms with Gasteiger partial charge in [0.15, 0.2) is 0 Å². The normalized spacial score (nSPS) is 11.2. The van der Waals surface area contributed by atoms with Crippen molar-refractivity contribution in [3.63, 3.8) is 0 Å². The first-order valence-corrected chi connectivity index (χ1v) is 5.31. The van der Waals surface area contributed by atoms with Crippen LogP contribution >= 0.6 is 11.6 Å². The predicted molar refractivity (Wildman–Crippen MR) is 65.5 cm³/mol. The van der Waals surface area contributed by atoms with Gasteiger partial charge in [-0.05, 0) is 0 Å². The highest BCUT2D eigenvalue weighted by Gasteiger charge is 2.16. The first-order chi connectivity index (χ1) is 8.18. The number of nitrogens with zero attached hydrogens (tertiary/aromatic N) is 4. The van der Waals surface area contributed by atoms with E-state index in [0.29, 0.717) is 16.5 Å². The monoisotopic (exact) mass is 248 g/mol. The van der Waals surface area contributed by atoms with Crippen molar-refractivity contribution in [1.82, 2.24) is 24.7 Å². The molecule has 3 aromatic heterocycles. The summed E-state index contributed by atoms with van der Waals surface area (Å²) >= 11 is 6.08. The summed E-state index contributed by atoms with van der Waals surface area (Å²) in [5.74, 6) is 0. The lowest BCUT2D eigenvalue weighted by atomic mass is 10.1. The van der Waals surface area contributed by atoms with E-state index in [-0.39, 0.29) is 0 Å². The van der Waals surface area contributed by atoms with E-state index in [1.165, 1.54) is 6.33 Å². The number of nitrogens with one attached hydrogen (secondary N) is 1. The number of hydrogen-bond acceptors (Lipinski definition) is 4. The fourth-order valence-electron chi connectivity index (χ4n) is 1.90. The maximum Gasteiger partial charge on any atom is 0.142 e. The van der Waals surface area contributed by atoms with Crippen molar-refractivity contribution in [2.24, 2.45) is 7.05 Å². The summed E-state index contributed by atoms with van der Waals surface area (Å²) in [6, 6.07) is 0. The third kappa shape index (κ3) is 1.38. The SMILES string of the molecule is Cn1ncc(N)c1-c1c[nH]c2ncnc(Cl)c12. The van der Waals surface area contributed by atoms with E-state index < -0.39 is 0 Å². The number of hydrogen-bond donors (Lipinski definition) is 2. The number of fused-ring (bicyclic) bond motifs is 1. The van der Waals surface area contributed by atoms with Crippen molar-refractivity contribution in [2.45, 2.75) is 0 Å². The van der Waals surface area contributed by atoms with E-state index in [9.17, 15) is 0 Å². The smallest absolute Gasteiger partial charge is 0.142 e. The van der Waals surface area contributed by atoms with Gasteiger partial charge in [0.05, 0.1) is 23.0 Å². The molecule has 6 nitrogen and oxygen atoms in total. The molecule has 0 aliphatic rings. The number of halogens is 1. The van der Waals surface area contributed by atoms with Gasteiger partial charge < -0.3 is 10.7 Å². The van der Waals surface area contributed by atoms with Gasteiger partial charge in [0.2, 0.25) is 0 Å². The fraction of sp³-hybridized carbons (Fsp3) is 0.100. The third-order valence-corrected chi connectivity index (χ3v) is 2.93. The molecule has 17 heavy (non-hydrogen) atoms. The number of anilines is 1. The van der Waals surface area contributed by atoms with Crippen LogP contribution in [0.2, 0.25) is 5.15 Å². The molecule has 3 aromatic rings. The van der Waals surface area contributed by atoms with Crippen LogP contribution in [-0.4, -0.2) is 24.7 Å². The molecule has 86 valence electrons. The summed E-state index contributed by atoms with van der Waals surface area (Å²) in [5, 5.41) is 5.25. The Kier molecular flexibility index (Phi) is 2.05. The van der Waals surface area contributed by atoms with Gasteiger partial charge in [0.1, 0.15) is 17.1 Å².